The molecule has 0 amide bonds. The first-order valence-electron chi connectivity index (χ1n) is 5.75. The number of nitrogen functional groups attached to an aromatic ring is 2. The van der Waals surface area contributed by atoms with Gasteiger partial charge in [-0.15, -0.1) is 0 Å². The summed E-state index contributed by atoms with van der Waals surface area (Å²) in [6, 6.07) is 9.13. The van der Waals surface area contributed by atoms with Crippen LogP contribution in [-0.2, 0) is 0 Å². The summed E-state index contributed by atoms with van der Waals surface area (Å²) in [5, 5.41) is -0.108. The van der Waals surface area contributed by atoms with Crippen molar-refractivity contribution in [3.63, 3.8) is 0 Å². The second-order valence-electron chi connectivity index (χ2n) is 4.43. The molecular weight excluding hydrogens is 265 g/mol. The number of nitrogens with zero attached hydrogens (tertiary/aromatic N) is 1. The molecule has 0 spiro atoms. The molecule has 19 heavy (non-hydrogen) atoms. The Balaban J connectivity index is 2.56. The number of anilines is 4. The molecule has 0 aliphatic rings. The smallest absolute Gasteiger partial charge is 0.169 e. The fourth-order valence-electron chi connectivity index (χ4n) is 1.96. The largest absolute Gasteiger partial charge is 0.397 e. The number of aryl methyl sites for hydroxylation is 1. The zero-order valence-electron chi connectivity index (χ0n) is 10.7. The van der Waals surface area contributed by atoms with Crippen molar-refractivity contribution < 1.29 is 4.39 Å². The van der Waals surface area contributed by atoms with Gasteiger partial charge in [-0.25, -0.2) is 4.39 Å². The molecule has 5 heteroatoms. The summed E-state index contributed by atoms with van der Waals surface area (Å²) >= 11 is 5.84. The van der Waals surface area contributed by atoms with Gasteiger partial charge in [0.25, 0.3) is 0 Å². The van der Waals surface area contributed by atoms with E-state index in [0.717, 1.165) is 11.3 Å². The second-order valence-corrected chi connectivity index (χ2v) is 4.81. The lowest BCUT2D eigenvalue weighted by molar-refractivity contribution is 0.629. The Morgan fingerprint density at radius 1 is 1.16 bits per heavy atom. The van der Waals surface area contributed by atoms with Crippen LogP contribution in [0.2, 0.25) is 5.02 Å². The Kier molecular flexibility index (Phi) is 3.53. The molecule has 0 aliphatic heterocycles. The van der Waals surface area contributed by atoms with Crippen LogP contribution in [0.15, 0.2) is 30.3 Å². The van der Waals surface area contributed by atoms with Gasteiger partial charge in [0.05, 0.1) is 11.4 Å². The van der Waals surface area contributed by atoms with Crippen LogP contribution >= 0.6 is 11.6 Å². The molecule has 2 aromatic rings. The molecule has 0 heterocycles. The number of rotatable bonds is 2. The van der Waals surface area contributed by atoms with Crippen LogP contribution in [0, 0.1) is 12.7 Å². The maximum absolute atomic E-state index is 14.2. The standard InChI is InChI=1S/C14H15ClFN3/c1-8-4-3-5-9(6-8)19(2)14-11(18)7-10(17)12(15)13(14)16/h3-7H,17-18H2,1-2H3. The van der Waals surface area contributed by atoms with Crippen LogP contribution in [-0.4, -0.2) is 7.05 Å². The lowest BCUT2D eigenvalue weighted by Gasteiger charge is -2.23. The van der Waals surface area contributed by atoms with Crippen molar-refractivity contribution in [3.8, 4) is 0 Å². The van der Waals surface area contributed by atoms with Gasteiger partial charge in [-0.1, -0.05) is 23.7 Å². The Bertz CT molecular complexity index is 628. The van der Waals surface area contributed by atoms with Gasteiger partial charge in [0.15, 0.2) is 5.82 Å². The lowest BCUT2D eigenvalue weighted by Crippen LogP contribution is -2.14. The third kappa shape index (κ3) is 2.44. The van der Waals surface area contributed by atoms with Crippen LogP contribution in [0.1, 0.15) is 5.56 Å². The van der Waals surface area contributed by atoms with Crippen molar-refractivity contribution in [1.82, 2.24) is 0 Å². The van der Waals surface area contributed by atoms with E-state index in [2.05, 4.69) is 0 Å². The van der Waals surface area contributed by atoms with Crippen molar-refractivity contribution >= 4 is 34.4 Å². The zero-order chi connectivity index (χ0) is 14.2. The molecule has 0 radical (unpaired) electrons. The number of hydrogen-bond acceptors (Lipinski definition) is 3. The Morgan fingerprint density at radius 2 is 1.84 bits per heavy atom. The predicted octanol–water partition coefficient (Wildman–Crippen LogP) is 3.72. The van der Waals surface area contributed by atoms with E-state index in [1.54, 1.807) is 11.9 Å². The monoisotopic (exact) mass is 279 g/mol. The highest BCUT2D eigenvalue weighted by Crippen LogP contribution is 2.38. The number of hydrogen-bond donors (Lipinski definition) is 2. The van der Waals surface area contributed by atoms with Crippen molar-refractivity contribution in [3.05, 3.63) is 46.7 Å². The molecule has 4 N–H and O–H groups in total. The highest BCUT2D eigenvalue weighted by Gasteiger charge is 2.18. The minimum absolute atomic E-state index is 0.108. The normalized spacial score (nSPS) is 10.5. The molecule has 0 saturated carbocycles. The number of benzene rings is 2. The van der Waals surface area contributed by atoms with Gasteiger partial charge in [-0.3, -0.25) is 0 Å². The maximum Gasteiger partial charge on any atom is 0.169 e. The van der Waals surface area contributed by atoms with E-state index in [0.29, 0.717) is 0 Å². The summed E-state index contributed by atoms with van der Waals surface area (Å²) in [7, 11) is 1.73. The summed E-state index contributed by atoms with van der Waals surface area (Å²) in [5.74, 6) is -0.608. The maximum atomic E-state index is 14.2. The van der Waals surface area contributed by atoms with Gasteiger partial charge in [-0.05, 0) is 30.7 Å². The lowest BCUT2D eigenvalue weighted by atomic mass is 10.1. The first-order chi connectivity index (χ1) is 8.91. The third-order valence-corrected chi connectivity index (χ3v) is 3.35. The minimum Gasteiger partial charge on any atom is -0.397 e. The molecule has 0 aromatic heterocycles. The minimum atomic E-state index is -0.608. The van der Waals surface area contributed by atoms with Crippen molar-refractivity contribution in [2.75, 3.05) is 23.4 Å². The first kappa shape index (κ1) is 13.5. The van der Waals surface area contributed by atoms with E-state index >= 15 is 0 Å². The third-order valence-electron chi connectivity index (χ3n) is 2.96. The quantitative estimate of drug-likeness (QED) is 0.824. The van der Waals surface area contributed by atoms with E-state index < -0.39 is 5.82 Å². The van der Waals surface area contributed by atoms with Gasteiger partial charge in [0.2, 0.25) is 0 Å². The molecule has 0 fully saturated rings. The summed E-state index contributed by atoms with van der Waals surface area (Å²) in [6.45, 7) is 1.97. The van der Waals surface area contributed by atoms with Gasteiger partial charge in [0.1, 0.15) is 10.7 Å². The van der Waals surface area contributed by atoms with E-state index in [-0.39, 0.29) is 22.1 Å². The van der Waals surface area contributed by atoms with Gasteiger partial charge in [0, 0.05) is 12.7 Å². The van der Waals surface area contributed by atoms with Gasteiger partial charge < -0.3 is 16.4 Å². The highest BCUT2D eigenvalue weighted by molar-refractivity contribution is 6.33. The molecule has 2 aromatic carbocycles. The Morgan fingerprint density at radius 3 is 2.47 bits per heavy atom. The zero-order valence-corrected chi connectivity index (χ0v) is 11.5. The number of nitrogens with two attached hydrogens (primary N) is 2. The first-order valence-corrected chi connectivity index (χ1v) is 6.13. The van der Waals surface area contributed by atoms with E-state index in [1.165, 1.54) is 6.07 Å². The molecule has 0 unspecified atom stereocenters. The molecule has 0 bridgehead atoms. The van der Waals surface area contributed by atoms with E-state index in [9.17, 15) is 4.39 Å². The summed E-state index contributed by atoms with van der Waals surface area (Å²) in [5.41, 5.74) is 13.9. The SMILES string of the molecule is Cc1cccc(N(C)c2c(N)cc(N)c(Cl)c2F)c1. The summed E-state index contributed by atoms with van der Waals surface area (Å²) < 4.78 is 14.2. The summed E-state index contributed by atoms with van der Waals surface area (Å²) in [4.78, 5) is 1.66. The van der Waals surface area contributed by atoms with Crippen LogP contribution < -0.4 is 16.4 Å². The van der Waals surface area contributed by atoms with Crippen LogP contribution in [0.25, 0.3) is 0 Å². The molecule has 0 atom stereocenters. The van der Waals surface area contributed by atoms with E-state index in [4.69, 9.17) is 23.1 Å². The van der Waals surface area contributed by atoms with Gasteiger partial charge in [-0.2, -0.15) is 0 Å². The van der Waals surface area contributed by atoms with Crippen LogP contribution in [0.3, 0.4) is 0 Å². The van der Waals surface area contributed by atoms with Gasteiger partial charge >= 0.3 is 0 Å². The Labute approximate surface area is 116 Å². The second kappa shape index (κ2) is 4.97. The number of halogens is 2. The Hall–Kier alpha value is -1.94. The van der Waals surface area contributed by atoms with Crippen LogP contribution in [0.5, 0.6) is 0 Å². The summed E-state index contributed by atoms with van der Waals surface area (Å²) in [6.07, 6.45) is 0. The van der Waals surface area contributed by atoms with Crippen molar-refractivity contribution in [2.45, 2.75) is 6.92 Å². The molecule has 0 aliphatic carbocycles. The predicted molar refractivity (Wildman–Crippen MR) is 79.5 cm³/mol. The van der Waals surface area contributed by atoms with Crippen molar-refractivity contribution in [1.29, 1.82) is 0 Å². The topological polar surface area (TPSA) is 55.3 Å². The van der Waals surface area contributed by atoms with Crippen molar-refractivity contribution in [2.24, 2.45) is 0 Å². The molecular formula is C14H15ClFN3. The molecule has 2 rings (SSSR count). The molecule has 0 saturated heterocycles. The average molecular weight is 280 g/mol. The molecule has 3 nitrogen and oxygen atoms in total. The highest BCUT2D eigenvalue weighted by atomic mass is 35.5. The van der Waals surface area contributed by atoms with Crippen LogP contribution in [0.4, 0.5) is 27.1 Å². The average Bonchev–Trinajstić information content (AvgIpc) is 2.36. The fourth-order valence-corrected chi connectivity index (χ4v) is 2.11. The molecule has 100 valence electrons. The van der Waals surface area contributed by atoms with E-state index in [1.807, 2.05) is 31.2 Å². The fraction of sp³-hybridized carbons (Fsp3) is 0.143.